The Labute approximate surface area is 207 Å². The lowest BCUT2D eigenvalue weighted by atomic mass is 9.42. The van der Waals surface area contributed by atoms with Crippen molar-refractivity contribution >= 4 is 41.2 Å². The number of nitrogens with one attached hydrogen (secondary N) is 4. The van der Waals surface area contributed by atoms with E-state index < -0.39 is 11.8 Å². The number of benzene rings is 2. The summed E-state index contributed by atoms with van der Waals surface area (Å²) < 4.78 is 6.09. The zero-order valence-corrected chi connectivity index (χ0v) is 19.7. The van der Waals surface area contributed by atoms with Gasteiger partial charge in [-0.05, 0) is 55.7 Å². The number of para-hydroxylation sites is 2. The van der Waals surface area contributed by atoms with Gasteiger partial charge in [0, 0.05) is 11.7 Å². The molecule has 0 radical (unpaired) electrons. The molecule has 180 valence electrons. The molecule has 1 aliphatic rings. The molecule has 11 heteroatoms. The molecular weight excluding hydrogens is 457 g/mol. The number of aryl methyl sites for hydroxylation is 1. The van der Waals surface area contributed by atoms with E-state index in [-0.39, 0.29) is 30.2 Å². The monoisotopic (exact) mass is 481 g/mol. The Morgan fingerprint density at radius 1 is 1.14 bits per heavy atom. The lowest BCUT2D eigenvalue weighted by Crippen LogP contribution is -2.27. The molecule has 0 bridgehead atoms. The van der Waals surface area contributed by atoms with Crippen LogP contribution in [0.3, 0.4) is 0 Å². The Hall–Kier alpha value is -4.59. The van der Waals surface area contributed by atoms with Gasteiger partial charge < -0.3 is 20.0 Å². The number of aromatic nitrogens is 4. The molecule has 5 rings (SSSR count). The first kappa shape index (κ1) is 23.2. The molecule has 4 aromatic rings. The molecule has 1 aliphatic heterocycles. The average Bonchev–Trinajstić information content (AvgIpc) is 3.53. The second kappa shape index (κ2) is 9.96. The number of fused-ring (bicyclic) bond motifs is 1. The molecular formula is C25H24BN7O3. The Morgan fingerprint density at radius 2 is 1.94 bits per heavy atom. The molecule has 1 fully saturated rings. The van der Waals surface area contributed by atoms with Gasteiger partial charge in [-0.1, -0.05) is 24.8 Å². The molecule has 36 heavy (non-hydrogen) atoms. The number of hydrogen-bond donors (Lipinski definition) is 4. The molecule has 0 spiro atoms. The highest BCUT2D eigenvalue weighted by atomic mass is 16.5. The summed E-state index contributed by atoms with van der Waals surface area (Å²) in [5.74, 6) is 2.27. The summed E-state index contributed by atoms with van der Waals surface area (Å²) in [6.45, 7) is 1.99. The summed E-state index contributed by atoms with van der Waals surface area (Å²) in [5, 5.41) is 14.5. The van der Waals surface area contributed by atoms with Gasteiger partial charge in [-0.2, -0.15) is 0 Å². The minimum absolute atomic E-state index is 0.0264. The number of carbonyl (C=O) groups is 2. The van der Waals surface area contributed by atoms with E-state index in [1.807, 2.05) is 37.3 Å². The third-order valence-electron chi connectivity index (χ3n) is 6.31. The number of H-pyrrole nitrogens is 2. The third kappa shape index (κ3) is 4.93. The van der Waals surface area contributed by atoms with Gasteiger partial charge in [0.25, 0.3) is 18.5 Å². The Morgan fingerprint density at radius 3 is 2.69 bits per heavy atom. The quantitative estimate of drug-likeness (QED) is 0.304. The second-order valence-corrected chi connectivity index (χ2v) is 8.83. The average molecular weight is 481 g/mol. The molecule has 0 atom stereocenters. The standard InChI is InChI=1S/C25H24BN7O3/c1-15-12-17(36-16-8-10-26(13-27)11-9-16)6-7-18(15)30-23(34)21-22(29-14-28-21)24(35)33-25-31-19-4-2-3-5-20(19)32-25/h2-7,12,14,16H,8-11H2,1H3,(H,28,29)(H,30,34)(H2,31,32,33,35). The zero-order valence-electron chi connectivity index (χ0n) is 19.7. The van der Waals surface area contributed by atoms with Crippen LogP contribution in [0.25, 0.3) is 11.0 Å². The number of anilines is 2. The van der Waals surface area contributed by atoms with Gasteiger partial charge in [-0.15, -0.1) is 0 Å². The second-order valence-electron chi connectivity index (χ2n) is 8.83. The fraction of sp³-hybridized carbons (Fsp3) is 0.240. The number of rotatable bonds is 6. The lowest BCUT2D eigenvalue weighted by Gasteiger charge is -2.24. The van der Waals surface area contributed by atoms with Crippen LogP contribution < -0.4 is 15.4 Å². The molecule has 0 aliphatic carbocycles. The van der Waals surface area contributed by atoms with E-state index in [9.17, 15) is 9.59 Å². The molecule has 0 saturated carbocycles. The molecule has 2 aromatic carbocycles. The van der Waals surface area contributed by atoms with Crippen molar-refractivity contribution in [3.05, 3.63) is 65.7 Å². The van der Waals surface area contributed by atoms with Crippen LogP contribution in [0.15, 0.2) is 48.8 Å². The van der Waals surface area contributed by atoms with Crippen LogP contribution in [0.5, 0.6) is 5.75 Å². The predicted octanol–water partition coefficient (Wildman–Crippen LogP) is 4.20. The third-order valence-corrected chi connectivity index (χ3v) is 6.31. The Bertz CT molecular complexity index is 1430. The van der Waals surface area contributed by atoms with E-state index in [4.69, 9.17) is 10.00 Å². The largest absolute Gasteiger partial charge is 0.490 e. The molecule has 1 saturated heterocycles. The first-order valence-electron chi connectivity index (χ1n) is 11.8. The SMILES string of the molecule is Cc1cc(OC2CCB(C#N)CC2)ccc1NC(=O)c1nc[nH]c1C(=O)Nc1nc2ccccc2[nH]1. The maximum Gasteiger partial charge on any atom is 0.276 e. The van der Waals surface area contributed by atoms with Gasteiger partial charge in [0.05, 0.1) is 23.5 Å². The number of aromatic amines is 2. The molecule has 2 aromatic heterocycles. The predicted molar refractivity (Wildman–Crippen MR) is 136 cm³/mol. The van der Waals surface area contributed by atoms with Gasteiger partial charge >= 0.3 is 0 Å². The summed E-state index contributed by atoms with van der Waals surface area (Å²) in [6, 6.07) is 12.8. The van der Waals surface area contributed by atoms with Gasteiger partial charge in [0.2, 0.25) is 5.95 Å². The van der Waals surface area contributed by atoms with Crippen molar-refractivity contribution in [1.29, 1.82) is 5.26 Å². The number of nitriles is 1. The van der Waals surface area contributed by atoms with E-state index in [2.05, 4.69) is 36.5 Å². The van der Waals surface area contributed by atoms with Crippen molar-refractivity contribution in [1.82, 2.24) is 19.9 Å². The number of nitrogens with zero attached hydrogens (tertiary/aromatic N) is 3. The Kier molecular flexibility index (Phi) is 6.41. The van der Waals surface area contributed by atoms with E-state index >= 15 is 0 Å². The first-order chi connectivity index (χ1) is 17.5. The van der Waals surface area contributed by atoms with E-state index in [1.54, 1.807) is 12.1 Å². The van der Waals surface area contributed by atoms with Crippen LogP contribution >= 0.6 is 0 Å². The summed E-state index contributed by atoms with van der Waals surface area (Å²) in [4.78, 5) is 39.9. The van der Waals surface area contributed by atoms with Gasteiger partial charge in [0.1, 0.15) is 11.4 Å². The maximum atomic E-state index is 13.0. The lowest BCUT2D eigenvalue weighted by molar-refractivity contribution is 0.0985. The first-order valence-corrected chi connectivity index (χ1v) is 11.8. The number of ether oxygens (including phenoxy) is 1. The van der Waals surface area contributed by atoms with Crippen LogP contribution in [0, 0.1) is 18.2 Å². The molecule has 0 unspecified atom stereocenters. The van der Waals surface area contributed by atoms with Crippen molar-refractivity contribution in [2.75, 3.05) is 10.6 Å². The zero-order chi connectivity index (χ0) is 25.1. The summed E-state index contributed by atoms with van der Waals surface area (Å²) in [5.41, 5.74) is 2.90. The van der Waals surface area contributed by atoms with E-state index in [0.29, 0.717) is 11.2 Å². The Balaban J connectivity index is 1.23. The molecule has 3 heterocycles. The van der Waals surface area contributed by atoms with Crippen LogP contribution in [0.2, 0.25) is 12.6 Å². The van der Waals surface area contributed by atoms with Gasteiger partial charge in [0.15, 0.2) is 5.69 Å². The number of carbonyl (C=O) groups excluding carboxylic acids is 2. The fourth-order valence-corrected chi connectivity index (χ4v) is 4.36. The molecule has 2 amide bonds. The highest BCUT2D eigenvalue weighted by molar-refractivity contribution is 6.67. The summed E-state index contributed by atoms with van der Waals surface area (Å²) in [6.07, 6.45) is 4.80. The van der Waals surface area contributed by atoms with Crippen LogP contribution in [-0.4, -0.2) is 44.6 Å². The fourth-order valence-electron chi connectivity index (χ4n) is 4.36. The maximum absolute atomic E-state index is 13.0. The van der Waals surface area contributed by atoms with Crippen molar-refractivity contribution in [3.63, 3.8) is 0 Å². The van der Waals surface area contributed by atoms with Crippen LogP contribution in [-0.2, 0) is 0 Å². The smallest absolute Gasteiger partial charge is 0.276 e. The summed E-state index contributed by atoms with van der Waals surface area (Å²) >= 11 is 0. The topological polar surface area (TPSA) is 149 Å². The number of hydrogen-bond acceptors (Lipinski definition) is 6. The number of imidazole rings is 2. The van der Waals surface area contributed by atoms with E-state index in [1.165, 1.54) is 6.33 Å². The van der Waals surface area contributed by atoms with Crippen molar-refractivity contribution in [3.8, 4) is 11.7 Å². The van der Waals surface area contributed by atoms with Crippen LogP contribution in [0.4, 0.5) is 11.6 Å². The number of amides is 2. The molecule has 4 N–H and O–H groups in total. The normalized spacial score (nSPS) is 13.8. The van der Waals surface area contributed by atoms with Crippen molar-refractivity contribution in [2.45, 2.75) is 38.5 Å². The van der Waals surface area contributed by atoms with Gasteiger partial charge in [-0.3, -0.25) is 14.9 Å². The summed E-state index contributed by atoms with van der Waals surface area (Å²) in [7, 11) is 0. The highest BCUT2D eigenvalue weighted by Gasteiger charge is 2.26. The van der Waals surface area contributed by atoms with Gasteiger partial charge in [-0.25, -0.2) is 15.2 Å². The molecule has 10 nitrogen and oxygen atoms in total. The van der Waals surface area contributed by atoms with Crippen LogP contribution in [0.1, 0.15) is 39.4 Å². The van der Waals surface area contributed by atoms with E-state index in [0.717, 1.165) is 42.3 Å². The van der Waals surface area contributed by atoms with Crippen molar-refractivity contribution in [2.24, 2.45) is 0 Å². The van der Waals surface area contributed by atoms with Crippen molar-refractivity contribution < 1.29 is 14.3 Å². The highest BCUT2D eigenvalue weighted by Crippen LogP contribution is 2.27. The minimum Gasteiger partial charge on any atom is -0.490 e. The minimum atomic E-state index is -0.539.